The lowest BCUT2D eigenvalue weighted by atomic mass is 9.86. The van der Waals surface area contributed by atoms with E-state index in [0.717, 1.165) is 19.4 Å². The number of rotatable bonds is 0. The van der Waals surface area contributed by atoms with E-state index in [4.69, 9.17) is 11.6 Å². The summed E-state index contributed by atoms with van der Waals surface area (Å²) in [7, 11) is 2.02. The molecule has 0 spiro atoms. The molecule has 132 valence electrons. The van der Waals surface area contributed by atoms with Crippen LogP contribution in [0.5, 0.6) is 0 Å². The summed E-state index contributed by atoms with van der Waals surface area (Å²) in [6.45, 7) is 0.941. The SMILES string of the molecule is CN1C=CN=CC1.ClC1CCCc2c1ccc1c2ccc2ccccc21. The summed E-state index contributed by atoms with van der Waals surface area (Å²) in [5.41, 5.74) is 2.81. The molecule has 0 radical (unpaired) electrons. The Morgan fingerprint density at radius 2 is 1.85 bits per heavy atom. The van der Waals surface area contributed by atoms with Crippen LogP contribution in [0.4, 0.5) is 0 Å². The van der Waals surface area contributed by atoms with Crippen molar-refractivity contribution in [2.75, 3.05) is 13.6 Å². The summed E-state index contributed by atoms with van der Waals surface area (Å²) >= 11 is 6.47. The van der Waals surface area contributed by atoms with Crippen LogP contribution >= 0.6 is 11.6 Å². The molecule has 0 aromatic heterocycles. The molecule has 3 aromatic carbocycles. The highest BCUT2D eigenvalue weighted by atomic mass is 35.5. The van der Waals surface area contributed by atoms with E-state index < -0.39 is 0 Å². The Balaban J connectivity index is 0.000000204. The first kappa shape index (κ1) is 17.1. The third-order valence-electron chi connectivity index (χ3n) is 5.18. The van der Waals surface area contributed by atoms with Crippen LogP contribution in [-0.2, 0) is 6.42 Å². The number of alkyl halides is 1. The second kappa shape index (κ2) is 7.51. The first-order valence-corrected chi connectivity index (χ1v) is 9.63. The zero-order valence-corrected chi connectivity index (χ0v) is 15.8. The minimum atomic E-state index is 0.194. The Bertz CT molecular complexity index is 990. The van der Waals surface area contributed by atoms with Gasteiger partial charge in [0.2, 0.25) is 0 Å². The number of fused-ring (bicyclic) bond motifs is 5. The second-order valence-electron chi connectivity index (χ2n) is 6.94. The van der Waals surface area contributed by atoms with Crippen molar-refractivity contribution in [1.29, 1.82) is 0 Å². The van der Waals surface area contributed by atoms with Gasteiger partial charge in [0.25, 0.3) is 0 Å². The van der Waals surface area contributed by atoms with Gasteiger partial charge in [-0.2, -0.15) is 0 Å². The Morgan fingerprint density at radius 3 is 2.62 bits per heavy atom. The second-order valence-corrected chi connectivity index (χ2v) is 7.47. The van der Waals surface area contributed by atoms with Crippen LogP contribution in [0.3, 0.4) is 0 Å². The van der Waals surface area contributed by atoms with Crippen LogP contribution < -0.4 is 0 Å². The van der Waals surface area contributed by atoms with Crippen molar-refractivity contribution in [2.24, 2.45) is 4.99 Å². The highest BCUT2D eigenvalue weighted by Crippen LogP contribution is 2.39. The lowest BCUT2D eigenvalue weighted by Crippen LogP contribution is -2.14. The maximum Gasteiger partial charge on any atom is 0.0588 e. The molecular formula is C23H23ClN2. The largest absolute Gasteiger partial charge is 0.374 e. The predicted octanol–water partition coefficient (Wildman–Crippen LogP) is 6.08. The summed E-state index contributed by atoms with van der Waals surface area (Å²) in [5.74, 6) is 0. The molecule has 5 rings (SSSR count). The van der Waals surface area contributed by atoms with Crippen LogP contribution in [0.1, 0.15) is 29.3 Å². The fourth-order valence-corrected chi connectivity index (χ4v) is 4.16. The van der Waals surface area contributed by atoms with E-state index in [1.807, 2.05) is 19.5 Å². The molecular weight excluding hydrogens is 340 g/mol. The van der Waals surface area contributed by atoms with Crippen LogP contribution in [0.2, 0.25) is 0 Å². The minimum absolute atomic E-state index is 0.194. The van der Waals surface area contributed by atoms with Crippen molar-refractivity contribution in [3.8, 4) is 0 Å². The van der Waals surface area contributed by atoms with E-state index in [9.17, 15) is 0 Å². The van der Waals surface area contributed by atoms with E-state index >= 15 is 0 Å². The molecule has 3 aromatic rings. The third kappa shape index (κ3) is 3.34. The van der Waals surface area contributed by atoms with Crippen LogP contribution in [-0.4, -0.2) is 24.7 Å². The number of benzene rings is 3. The van der Waals surface area contributed by atoms with Crippen molar-refractivity contribution >= 4 is 39.4 Å². The molecule has 0 fully saturated rings. The van der Waals surface area contributed by atoms with Gasteiger partial charge in [0.15, 0.2) is 0 Å². The average molecular weight is 363 g/mol. The molecule has 1 atom stereocenters. The van der Waals surface area contributed by atoms with E-state index in [1.165, 1.54) is 39.1 Å². The fraction of sp³-hybridized carbons (Fsp3) is 0.261. The zero-order valence-electron chi connectivity index (χ0n) is 15.0. The van der Waals surface area contributed by atoms with Crippen LogP contribution in [0.15, 0.2) is 65.9 Å². The molecule has 0 saturated heterocycles. The molecule has 0 N–H and O–H groups in total. The zero-order chi connectivity index (χ0) is 17.9. The highest BCUT2D eigenvalue weighted by molar-refractivity contribution is 6.21. The third-order valence-corrected chi connectivity index (χ3v) is 5.63. The summed E-state index contributed by atoms with van der Waals surface area (Å²) < 4.78 is 0. The van der Waals surface area contributed by atoms with Crippen LogP contribution in [0.25, 0.3) is 21.5 Å². The molecule has 2 aliphatic rings. The average Bonchev–Trinajstić information content (AvgIpc) is 2.69. The van der Waals surface area contributed by atoms with Gasteiger partial charge >= 0.3 is 0 Å². The first-order valence-electron chi connectivity index (χ1n) is 9.20. The summed E-state index contributed by atoms with van der Waals surface area (Å²) in [6.07, 6.45) is 9.07. The molecule has 1 aliphatic heterocycles. The normalized spacial score (nSPS) is 18.5. The predicted molar refractivity (Wildman–Crippen MR) is 113 cm³/mol. The summed E-state index contributed by atoms with van der Waals surface area (Å²) in [4.78, 5) is 5.94. The van der Waals surface area contributed by atoms with Gasteiger partial charge in [-0.3, -0.25) is 4.99 Å². The molecule has 1 aliphatic carbocycles. The highest BCUT2D eigenvalue weighted by Gasteiger charge is 2.20. The lowest BCUT2D eigenvalue weighted by Gasteiger charge is -2.22. The number of aliphatic imine (C=N–C) groups is 1. The maximum atomic E-state index is 6.47. The topological polar surface area (TPSA) is 15.6 Å². The van der Waals surface area contributed by atoms with Crippen molar-refractivity contribution in [2.45, 2.75) is 24.6 Å². The minimum Gasteiger partial charge on any atom is -0.374 e. The Morgan fingerprint density at radius 1 is 1.00 bits per heavy atom. The van der Waals surface area contributed by atoms with Gasteiger partial charge in [-0.05, 0) is 51.9 Å². The summed E-state index contributed by atoms with van der Waals surface area (Å²) in [6, 6.07) is 17.6. The van der Waals surface area contributed by atoms with E-state index in [1.54, 1.807) is 6.20 Å². The molecule has 1 heterocycles. The maximum absolute atomic E-state index is 6.47. The molecule has 26 heavy (non-hydrogen) atoms. The number of hydrogen-bond donors (Lipinski definition) is 0. The van der Waals surface area contributed by atoms with Crippen molar-refractivity contribution in [3.63, 3.8) is 0 Å². The van der Waals surface area contributed by atoms with Crippen molar-refractivity contribution < 1.29 is 0 Å². The van der Waals surface area contributed by atoms with Gasteiger partial charge in [-0.1, -0.05) is 48.5 Å². The van der Waals surface area contributed by atoms with Gasteiger partial charge in [-0.15, -0.1) is 11.6 Å². The molecule has 0 bridgehead atoms. The Kier molecular flexibility index (Phi) is 4.94. The number of nitrogens with zero attached hydrogens (tertiary/aromatic N) is 2. The molecule has 2 nitrogen and oxygen atoms in total. The Hall–Kier alpha value is -2.32. The van der Waals surface area contributed by atoms with Crippen molar-refractivity contribution in [3.05, 3.63) is 72.1 Å². The number of hydrogen-bond acceptors (Lipinski definition) is 2. The monoisotopic (exact) mass is 362 g/mol. The lowest BCUT2D eigenvalue weighted by molar-refractivity contribution is 0.522. The molecule has 0 amide bonds. The number of halogens is 1. The van der Waals surface area contributed by atoms with E-state index in [-0.39, 0.29) is 5.38 Å². The first-order chi connectivity index (χ1) is 12.7. The summed E-state index contributed by atoms with van der Waals surface area (Å²) in [5, 5.41) is 5.61. The molecule has 3 heteroatoms. The smallest absolute Gasteiger partial charge is 0.0588 e. The van der Waals surface area contributed by atoms with Gasteiger partial charge < -0.3 is 4.90 Å². The molecule has 0 saturated carbocycles. The fourth-order valence-electron chi connectivity index (χ4n) is 3.80. The molecule has 1 unspecified atom stereocenters. The van der Waals surface area contributed by atoms with Crippen molar-refractivity contribution in [1.82, 2.24) is 4.90 Å². The Labute approximate surface area is 159 Å². The van der Waals surface area contributed by atoms with Gasteiger partial charge in [0.05, 0.1) is 11.9 Å². The number of aryl methyl sites for hydroxylation is 1. The van der Waals surface area contributed by atoms with Gasteiger partial charge in [0, 0.05) is 25.7 Å². The van der Waals surface area contributed by atoms with Gasteiger partial charge in [-0.25, -0.2) is 0 Å². The van der Waals surface area contributed by atoms with Gasteiger partial charge in [0.1, 0.15) is 0 Å². The van der Waals surface area contributed by atoms with E-state index in [0.29, 0.717) is 0 Å². The quantitative estimate of drug-likeness (QED) is 0.349. The standard InChI is InChI=1S/C18H15Cl.C5H8N2/c19-18-7-3-6-14-16-9-8-12-4-1-2-5-13(12)15(16)10-11-17(14)18;1-7-4-2-6-3-5-7/h1-2,4-5,8-11,18H,3,6-7H2;2-4H,5H2,1H3. The van der Waals surface area contributed by atoms with Crippen LogP contribution in [0, 0.1) is 0 Å². The van der Waals surface area contributed by atoms with E-state index in [2.05, 4.69) is 58.4 Å².